The van der Waals surface area contributed by atoms with E-state index in [0.29, 0.717) is 42.5 Å². The zero-order valence-corrected chi connectivity index (χ0v) is 14.5. The Bertz CT molecular complexity index is 900. The minimum absolute atomic E-state index is 0.160. The van der Waals surface area contributed by atoms with Crippen molar-refractivity contribution in [3.63, 3.8) is 0 Å². The van der Waals surface area contributed by atoms with Gasteiger partial charge in [0.05, 0.1) is 5.25 Å². The number of carbonyl (C=O) groups is 2. The number of piperidine rings is 1. The van der Waals surface area contributed by atoms with Crippen molar-refractivity contribution >= 4 is 32.7 Å². The average Bonchev–Trinajstić information content (AvgIpc) is 3.08. The normalized spacial score (nSPS) is 16.1. The summed E-state index contributed by atoms with van der Waals surface area (Å²) in [5.74, 6) is -1.18. The molecule has 10 heteroatoms. The molecule has 1 fully saturated rings. The molecular weight excluding hydrogens is 346 g/mol. The van der Waals surface area contributed by atoms with Gasteiger partial charge >= 0.3 is 0 Å². The third-order valence-corrected chi connectivity index (χ3v) is 6.56. The van der Waals surface area contributed by atoms with Crippen LogP contribution in [0.5, 0.6) is 0 Å². The lowest BCUT2D eigenvalue weighted by Gasteiger charge is -2.31. The molecule has 3 rings (SSSR count). The monoisotopic (exact) mass is 365 g/mol. The molecule has 25 heavy (non-hydrogen) atoms. The van der Waals surface area contributed by atoms with Gasteiger partial charge in [-0.15, -0.1) is 0 Å². The second-order valence-corrected chi connectivity index (χ2v) is 8.28. The molecule has 2 amide bonds. The highest BCUT2D eigenvalue weighted by atomic mass is 32.2. The summed E-state index contributed by atoms with van der Waals surface area (Å²) in [6.07, 6.45) is 0.661. The van der Waals surface area contributed by atoms with Gasteiger partial charge in [-0.3, -0.25) is 9.59 Å². The second kappa shape index (κ2) is 6.79. The molecule has 0 atom stereocenters. The average molecular weight is 365 g/mol. The van der Waals surface area contributed by atoms with Crippen LogP contribution in [0.4, 0.5) is 0 Å². The predicted molar refractivity (Wildman–Crippen MR) is 90.7 cm³/mol. The quantitative estimate of drug-likeness (QED) is 0.768. The van der Waals surface area contributed by atoms with Gasteiger partial charge in [0.1, 0.15) is 16.8 Å². The van der Waals surface area contributed by atoms with Gasteiger partial charge in [-0.1, -0.05) is 0 Å². The minimum Gasteiger partial charge on any atom is -0.358 e. The highest BCUT2D eigenvalue weighted by Gasteiger charge is 2.33. The van der Waals surface area contributed by atoms with Crippen LogP contribution in [0.1, 0.15) is 23.2 Å². The molecule has 0 spiro atoms. The van der Waals surface area contributed by atoms with Crippen LogP contribution in [-0.2, 0) is 14.6 Å². The topological polar surface area (TPSA) is 125 Å². The molecule has 1 aromatic heterocycles. The number of carbonyl (C=O) groups excluding carboxylic acids is 2. The fourth-order valence-electron chi connectivity index (χ4n) is 2.95. The third-order valence-electron chi connectivity index (χ3n) is 4.41. The number of fused-ring (bicyclic) bond motifs is 1. The van der Waals surface area contributed by atoms with Gasteiger partial charge in [-0.05, 0) is 31.0 Å². The molecule has 1 aromatic carbocycles. The van der Waals surface area contributed by atoms with Crippen LogP contribution in [0, 0.1) is 0 Å². The molecule has 2 aromatic rings. The van der Waals surface area contributed by atoms with E-state index in [2.05, 4.69) is 20.7 Å². The summed E-state index contributed by atoms with van der Waals surface area (Å²) in [6.45, 7) is 0.681. The molecule has 0 radical (unpaired) electrons. The summed E-state index contributed by atoms with van der Waals surface area (Å²) in [7, 11) is -2.09. The van der Waals surface area contributed by atoms with Crippen LogP contribution in [0.15, 0.2) is 18.2 Å². The van der Waals surface area contributed by atoms with Crippen molar-refractivity contribution in [1.82, 2.24) is 25.6 Å². The Morgan fingerprint density at radius 3 is 2.60 bits per heavy atom. The van der Waals surface area contributed by atoms with Crippen LogP contribution in [0.25, 0.3) is 11.0 Å². The Kier molecular flexibility index (Phi) is 4.71. The van der Waals surface area contributed by atoms with Crippen LogP contribution in [0.3, 0.4) is 0 Å². The molecule has 2 N–H and O–H groups in total. The molecule has 0 unspecified atom stereocenters. The van der Waals surface area contributed by atoms with Gasteiger partial charge in [-0.25, -0.2) is 8.42 Å². The van der Waals surface area contributed by atoms with Crippen molar-refractivity contribution in [1.29, 1.82) is 0 Å². The van der Waals surface area contributed by atoms with Crippen molar-refractivity contribution in [3.05, 3.63) is 23.8 Å². The first kappa shape index (κ1) is 17.3. The highest BCUT2D eigenvalue weighted by Crippen LogP contribution is 2.21. The van der Waals surface area contributed by atoms with E-state index < -0.39 is 26.7 Å². The molecule has 1 saturated heterocycles. The number of hydrogen-bond acceptors (Lipinski definition) is 6. The predicted octanol–water partition coefficient (Wildman–Crippen LogP) is -0.277. The Morgan fingerprint density at radius 2 is 1.92 bits per heavy atom. The summed E-state index contributed by atoms with van der Waals surface area (Å²) in [5, 5.41) is 12.1. The number of amides is 2. The summed E-state index contributed by atoms with van der Waals surface area (Å²) in [5.41, 5.74) is 1.78. The highest BCUT2D eigenvalue weighted by molar-refractivity contribution is 7.92. The van der Waals surface area contributed by atoms with Gasteiger partial charge in [-0.2, -0.15) is 15.4 Å². The number of aromatic amines is 1. The van der Waals surface area contributed by atoms with Gasteiger partial charge in [0.2, 0.25) is 5.91 Å². The lowest BCUT2D eigenvalue weighted by molar-refractivity contribution is -0.118. The molecule has 9 nitrogen and oxygen atoms in total. The molecule has 134 valence electrons. The summed E-state index contributed by atoms with van der Waals surface area (Å²) in [6, 6.07) is 5.06. The SMILES string of the molecule is CNC(=O)CS(=O)(=O)C1CCN(C(=O)c2ccc3n[nH]nc3c2)CC1. The van der Waals surface area contributed by atoms with Crippen molar-refractivity contribution in [2.24, 2.45) is 0 Å². The smallest absolute Gasteiger partial charge is 0.253 e. The summed E-state index contributed by atoms with van der Waals surface area (Å²) >= 11 is 0. The third kappa shape index (κ3) is 3.63. The Hall–Kier alpha value is -2.49. The van der Waals surface area contributed by atoms with E-state index in [1.165, 1.54) is 7.05 Å². The Labute approximate surface area is 144 Å². The molecular formula is C15H19N5O4S. The van der Waals surface area contributed by atoms with E-state index in [0.717, 1.165) is 0 Å². The fraction of sp³-hybridized carbons (Fsp3) is 0.467. The molecule has 1 aliphatic rings. The molecule has 1 aliphatic heterocycles. The lowest BCUT2D eigenvalue weighted by atomic mass is 10.1. The van der Waals surface area contributed by atoms with Gasteiger partial charge in [0.25, 0.3) is 5.91 Å². The maximum absolute atomic E-state index is 12.6. The first-order valence-corrected chi connectivity index (χ1v) is 9.64. The van der Waals surface area contributed by atoms with E-state index >= 15 is 0 Å². The number of nitrogens with one attached hydrogen (secondary N) is 2. The van der Waals surface area contributed by atoms with Crippen LogP contribution < -0.4 is 5.32 Å². The fourth-order valence-corrected chi connectivity index (χ4v) is 4.62. The molecule has 0 saturated carbocycles. The largest absolute Gasteiger partial charge is 0.358 e. The second-order valence-electron chi connectivity index (χ2n) is 6.00. The van der Waals surface area contributed by atoms with E-state index in [9.17, 15) is 18.0 Å². The van der Waals surface area contributed by atoms with Crippen molar-refractivity contribution in [2.75, 3.05) is 25.9 Å². The van der Waals surface area contributed by atoms with E-state index in [1.807, 2.05) is 0 Å². The number of likely N-dealkylation sites (tertiary alicyclic amines) is 1. The molecule has 0 bridgehead atoms. The first-order chi connectivity index (χ1) is 11.9. The first-order valence-electron chi connectivity index (χ1n) is 7.92. The Balaban J connectivity index is 1.65. The van der Waals surface area contributed by atoms with Crippen LogP contribution in [0.2, 0.25) is 0 Å². The number of benzene rings is 1. The standard InChI is InChI=1S/C15H19N5O4S/c1-16-14(21)9-25(23,24)11-4-6-20(7-5-11)15(22)10-2-3-12-13(8-10)18-19-17-12/h2-3,8,11H,4-7,9H2,1H3,(H,16,21)(H,17,18,19). The van der Waals surface area contributed by atoms with E-state index in [1.54, 1.807) is 23.1 Å². The zero-order chi connectivity index (χ0) is 18.0. The number of rotatable bonds is 4. The van der Waals surface area contributed by atoms with Crippen LogP contribution in [-0.4, -0.2) is 71.7 Å². The maximum Gasteiger partial charge on any atom is 0.253 e. The van der Waals surface area contributed by atoms with Gasteiger partial charge in [0, 0.05) is 25.7 Å². The Morgan fingerprint density at radius 1 is 1.24 bits per heavy atom. The summed E-state index contributed by atoms with van der Waals surface area (Å²) in [4.78, 5) is 25.6. The van der Waals surface area contributed by atoms with Gasteiger partial charge in [0.15, 0.2) is 9.84 Å². The van der Waals surface area contributed by atoms with E-state index in [-0.39, 0.29) is 5.91 Å². The lowest BCUT2D eigenvalue weighted by Crippen LogP contribution is -2.44. The number of aromatic nitrogens is 3. The number of sulfone groups is 1. The summed E-state index contributed by atoms with van der Waals surface area (Å²) < 4.78 is 24.5. The number of hydrogen-bond donors (Lipinski definition) is 2. The molecule has 2 heterocycles. The van der Waals surface area contributed by atoms with E-state index in [4.69, 9.17) is 0 Å². The zero-order valence-electron chi connectivity index (χ0n) is 13.7. The minimum atomic E-state index is -3.50. The molecule has 0 aliphatic carbocycles. The number of nitrogens with zero attached hydrogens (tertiary/aromatic N) is 3. The maximum atomic E-state index is 12.6. The van der Waals surface area contributed by atoms with Crippen molar-refractivity contribution < 1.29 is 18.0 Å². The van der Waals surface area contributed by atoms with Crippen molar-refractivity contribution in [2.45, 2.75) is 18.1 Å². The van der Waals surface area contributed by atoms with Crippen molar-refractivity contribution in [3.8, 4) is 0 Å². The van der Waals surface area contributed by atoms with Gasteiger partial charge < -0.3 is 10.2 Å². The van der Waals surface area contributed by atoms with Crippen LogP contribution >= 0.6 is 0 Å². The number of H-pyrrole nitrogens is 1.